The third kappa shape index (κ3) is 5.64. The molecule has 8 bridgehead atoms. The van der Waals surface area contributed by atoms with Crippen LogP contribution in [0.1, 0.15) is 87.0 Å². The highest BCUT2D eigenvalue weighted by atomic mass is 16.5. The Morgan fingerprint density at radius 1 is 0.636 bits per heavy atom. The van der Waals surface area contributed by atoms with Gasteiger partial charge in [0, 0.05) is 62.6 Å². The minimum absolute atomic E-state index is 0.252. The summed E-state index contributed by atoms with van der Waals surface area (Å²) in [5.41, 5.74) is 12.8. The number of carbonyl (C=O) groups is 2. The number of methoxy groups -OCH3 is 2. The molecule has 8 nitrogen and oxygen atoms in total. The normalized spacial score (nSPS) is 12.1. The summed E-state index contributed by atoms with van der Waals surface area (Å²) in [6, 6.07) is 0. The lowest BCUT2D eigenvalue weighted by Crippen LogP contribution is -2.14. The Morgan fingerprint density at radius 2 is 1.11 bits per heavy atom. The van der Waals surface area contributed by atoms with Gasteiger partial charge in [0.25, 0.3) is 0 Å². The second-order valence-corrected chi connectivity index (χ2v) is 11.4. The number of hydrogen-bond donors (Lipinski definition) is 4. The molecule has 0 fully saturated rings. The number of carbonyl (C=O) groups excluding carboxylic acids is 2. The number of hydrogen-bond acceptors (Lipinski definition) is 4. The first-order chi connectivity index (χ1) is 21.1. The van der Waals surface area contributed by atoms with Gasteiger partial charge >= 0.3 is 11.9 Å². The van der Waals surface area contributed by atoms with Crippen molar-refractivity contribution in [2.45, 2.75) is 66.7 Å². The second kappa shape index (κ2) is 12.5. The van der Waals surface area contributed by atoms with E-state index >= 15 is 0 Å². The van der Waals surface area contributed by atoms with Crippen molar-refractivity contribution in [3.05, 3.63) is 95.3 Å². The van der Waals surface area contributed by atoms with Crippen LogP contribution in [0.15, 0.2) is 6.58 Å². The topological polar surface area (TPSA) is 116 Å². The summed E-state index contributed by atoms with van der Waals surface area (Å²) in [5, 5.41) is 3.86. The zero-order chi connectivity index (χ0) is 31.7. The molecule has 0 saturated heterocycles. The van der Waals surface area contributed by atoms with E-state index in [1.807, 2.05) is 6.08 Å². The molecule has 1 aliphatic heterocycles. The largest absolute Gasteiger partial charge is 0.469 e. The molecule has 0 aliphatic carbocycles. The average molecular weight is 595 g/mol. The lowest BCUT2D eigenvalue weighted by atomic mass is 10.0. The SMILES string of the molecule is C=Cc1c(C)c2[nH]c1=Cc1[nH]c(c(CCC(=O)OC)c1C)C=c1[nH]c(c(C)c1CCC(=O)OC)=Cc1[nH]c(c(CC)c1C)C=2. The van der Waals surface area contributed by atoms with Gasteiger partial charge in [0.15, 0.2) is 0 Å². The van der Waals surface area contributed by atoms with Crippen LogP contribution in [0.3, 0.4) is 0 Å². The summed E-state index contributed by atoms with van der Waals surface area (Å²) >= 11 is 0. The Kier molecular flexibility index (Phi) is 8.72. The number of nitrogens with one attached hydrogen (secondary N) is 4. The number of ether oxygens (including phenoxy) is 2. The quantitative estimate of drug-likeness (QED) is 0.207. The molecule has 0 unspecified atom stereocenters. The van der Waals surface area contributed by atoms with Crippen molar-refractivity contribution in [3.63, 3.8) is 0 Å². The zero-order valence-electron chi connectivity index (χ0n) is 26.8. The van der Waals surface area contributed by atoms with Crippen LogP contribution in [0, 0.1) is 27.7 Å². The second-order valence-electron chi connectivity index (χ2n) is 11.4. The van der Waals surface area contributed by atoms with Crippen LogP contribution in [-0.2, 0) is 38.3 Å². The highest BCUT2D eigenvalue weighted by Gasteiger charge is 2.17. The van der Waals surface area contributed by atoms with Crippen LogP contribution in [0.5, 0.6) is 0 Å². The molecule has 0 atom stereocenters. The Morgan fingerprint density at radius 3 is 1.70 bits per heavy atom. The van der Waals surface area contributed by atoms with E-state index in [1.165, 1.54) is 25.3 Å². The first kappa shape index (κ1) is 30.7. The molecule has 0 radical (unpaired) electrons. The smallest absolute Gasteiger partial charge is 0.305 e. The third-order valence-corrected chi connectivity index (χ3v) is 9.05. The Bertz CT molecular complexity index is 2030. The summed E-state index contributed by atoms with van der Waals surface area (Å²) in [6.45, 7) is 14.7. The van der Waals surface area contributed by atoms with Crippen LogP contribution in [0.4, 0.5) is 0 Å². The van der Waals surface area contributed by atoms with Crippen LogP contribution >= 0.6 is 0 Å². The van der Waals surface area contributed by atoms with Gasteiger partial charge in [-0.1, -0.05) is 19.6 Å². The fraction of sp³-hybridized carbons (Fsp3) is 0.333. The van der Waals surface area contributed by atoms with Gasteiger partial charge in [-0.15, -0.1) is 0 Å². The van der Waals surface area contributed by atoms with Gasteiger partial charge in [-0.3, -0.25) is 9.59 Å². The Balaban J connectivity index is 1.88. The molecule has 0 aromatic carbocycles. The number of esters is 2. The highest BCUT2D eigenvalue weighted by Crippen LogP contribution is 2.23. The van der Waals surface area contributed by atoms with E-state index in [9.17, 15) is 9.59 Å². The molecule has 4 aromatic rings. The number of aromatic nitrogens is 4. The van der Waals surface area contributed by atoms with Gasteiger partial charge in [0.1, 0.15) is 0 Å². The van der Waals surface area contributed by atoms with Crippen molar-refractivity contribution in [2.24, 2.45) is 0 Å². The first-order valence-corrected chi connectivity index (χ1v) is 15.1. The van der Waals surface area contributed by atoms with Gasteiger partial charge in [0.2, 0.25) is 0 Å². The standard InChI is InChI=1S/C36H42N4O4/c1-9-23-19(3)27-15-28-21(5)25(11-13-35(41)43-7)33(39-28)18-34-26(12-14-36(42)44-8)22(6)30(40-34)17-32-24(10-2)20(4)29(38-32)16-31(23)37-27/h10,15-18,37-40H,2,9,11-14H2,1,3-8H3. The summed E-state index contributed by atoms with van der Waals surface area (Å²) < 4.78 is 9.92. The van der Waals surface area contributed by atoms with Gasteiger partial charge in [-0.25, -0.2) is 0 Å². The fourth-order valence-electron chi connectivity index (χ4n) is 6.35. The first-order valence-electron chi connectivity index (χ1n) is 15.1. The molecular formula is C36H42N4O4. The van der Waals surface area contributed by atoms with Crippen molar-refractivity contribution in [3.8, 4) is 0 Å². The molecule has 5 heterocycles. The maximum absolute atomic E-state index is 12.2. The van der Waals surface area contributed by atoms with Gasteiger partial charge < -0.3 is 29.4 Å². The molecule has 0 amide bonds. The average Bonchev–Trinajstić information content (AvgIpc) is 3.67. The van der Waals surface area contributed by atoms with E-state index in [-0.39, 0.29) is 24.8 Å². The van der Waals surface area contributed by atoms with E-state index < -0.39 is 0 Å². The number of rotatable bonds is 8. The monoisotopic (exact) mass is 594 g/mol. The summed E-state index contributed by atoms with van der Waals surface area (Å²) in [6.07, 6.45) is 12.9. The Labute approximate surface area is 257 Å². The lowest BCUT2D eigenvalue weighted by Gasteiger charge is -2.03. The van der Waals surface area contributed by atoms with Gasteiger partial charge in [0.05, 0.1) is 14.2 Å². The van der Waals surface area contributed by atoms with E-state index in [0.29, 0.717) is 12.8 Å². The highest BCUT2D eigenvalue weighted by molar-refractivity contribution is 5.72. The molecule has 4 N–H and O–H groups in total. The van der Waals surface area contributed by atoms with E-state index in [2.05, 4.69) is 85.4 Å². The number of H-pyrrole nitrogens is 4. The van der Waals surface area contributed by atoms with Crippen molar-refractivity contribution >= 4 is 42.3 Å². The predicted octanol–water partition coefficient (Wildman–Crippen LogP) is 3.28. The maximum Gasteiger partial charge on any atom is 0.305 e. The zero-order valence-corrected chi connectivity index (χ0v) is 26.8. The molecule has 1 aliphatic rings. The lowest BCUT2D eigenvalue weighted by molar-refractivity contribution is -0.141. The van der Waals surface area contributed by atoms with Crippen molar-refractivity contribution in [2.75, 3.05) is 14.2 Å². The van der Waals surface area contributed by atoms with Gasteiger partial charge in [-0.05, 0) is 110 Å². The van der Waals surface area contributed by atoms with Crippen LogP contribution in [0.25, 0.3) is 30.4 Å². The molecule has 8 heteroatoms. The summed E-state index contributed by atoms with van der Waals surface area (Å²) in [4.78, 5) is 39.0. The molecule has 4 aromatic heterocycles. The Hall–Kier alpha value is -4.72. The predicted molar refractivity (Wildman–Crippen MR) is 175 cm³/mol. The molecule has 0 spiro atoms. The van der Waals surface area contributed by atoms with Crippen molar-refractivity contribution < 1.29 is 19.1 Å². The third-order valence-electron chi connectivity index (χ3n) is 9.05. The van der Waals surface area contributed by atoms with Crippen LogP contribution in [0.2, 0.25) is 0 Å². The maximum atomic E-state index is 12.2. The number of fused-ring (bicyclic) bond motifs is 8. The van der Waals surface area contributed by atoms with Crippen LogP contribution in [-0.4, -0.2) is 46.1 Å². The van der Waals surface area contributed by atoms with E-state index in [0.717, 1.165) is 84.0 Å². The summed E-state index contributed by atoms with van der Waals surface area (Å²) in [7, 11) is 2.83. The molecule has 230 valence electrons. The van der Waals surface area contributed by atoms with E-state index in [4.69, 9.17) is 9.47 Å². The molecule has 0 saturated carbocycles. The minimum atomic E-state index is -0.257. The molecular weight excluding hydrogens is 552 g/mol. The minimum Gasteiger partial charge on any atom is -0.469 e. The number of aromatic amines is 4. The van der Waals surface area contributed by atoms with Crippen LogP contribution < -0.4 is 21.4 Å². The summed E-state index contributed by atoms with van der Waals surface area (Å²) in [5.74, 6) is -0.508. The van der Waals surface area contributed by atoms with E-state index in [1.54, 1.807) is 0 Å². The van der Waals surface area contributed by atoms with Crippen molar-refractivity contribution in [1.82, 2.24) is 19.9 Å². The van der Waals surface area contributed by atoms with Gasteiger partial charge in [-0.2, -0.15) is 0 Å². The molecule has 5 rings (SSSR count). The van der Waals surface area contributed by atoms with Crippen molar-refractivity contribution in [1.29, 1.82) is 0 Å². The fourth-order valence-corrected chi connectivity index (χ4v) is 6.35. The molecule has 44 heavy (non-hydrogen) atoms.